The van der Waals surface area contributed by atoms with Crippen LogP contribution in [0.2, 0.25) is 0 Å². The molecule has 3 aromatic carbocycles. The third-order valence-corrected chi connectivity index (χ3v) is 7.33. The monoisotopic (exact) mass is 523 g/mol. The van der Waals surface area contributed by atoms with Crippen LogP contribution in [0.1, 0.15) is 25.4 Å². The Kier molecular flexibility index (Phi) is 6.81. The molecule has 0 aliphatic rings. The zero-order valence-corrected chi connectivity index (χ0v) is 18.5. The van der Waals surface area contributed by atoms with Crippen LogP contribution < -0.4 is 4.72 Å². The summed E-state index contributed by atoms with van der Waals surface area (Å²) >= 11 is 2.02. The first-order valence-electron chi connectivity index (χ1n) is 8.86. The molecule has 29 heavy (non-hydrogen) atoms. The molecular formula is C22H19FINO3S. The first-order valence-corrected chi connectivity index (χ1v) is 11.6. The van der Waals surface area contributed by atoms with Gasteiger partial charge in [-0.25, -0.2) is 12.8 Å². The highest BCUT2D eigenvalue weighted by atomic mass is 127. The van der Waals surface area contributed by atoms with Crippen molar-refractivity contribution in [3.05, 3.63) is 101 Å². The smallest absolute Gasteiger partial charge is 0.241 e. The van der Waals surface area contributed by atoms with Crippen LogP contribution >= 0.6 is 22.6 Å². The number of hydrogen-bond donors (Lipinski definition) is 1. The van der Waals surface area contributed by atoms with Crippen molar-refractivity contribution in [3.8, 4) is 0 Å². The van der Waals surface area contributed by atoms with Crippen LogP contribution in [-0.4, -0.2) is 20.2 Å². The van der Waals surface area contributed by atoms with E-state index in [2.05, 4.69) is 4.72 Å². The molecule has 150 valence electrons. The number of hydrogen-bond acceptors (Lipinski definition) is 3. The van der Waals surface area contributed by atoms with Gasteiger partial charge < -0.3 is 0 Å². The third-order valence-electron chi connectivity index (χ3n) is 4.44. The van der Waals surface area contributed by atoms with Gasteiger partial charge in [0, 0.05) is 5.56 Å². The lowest BCUT2D eigenvalue weighted by atomic mass is 9.98. The molecule has 7 heteroatoms. The molecule has 4 nitrogen and oxygen atoms in total. The molecule has 0 spiro atoms. The Labute approximate surface area is 183 Å². The van der Waals surface area contributed by atoms with E-state index < -0.39 is 25.8 Å². The number of carbonyl (C=O) groups excluding carboxylic acids is 1. The fraction of sp³-hybridized carbons (Fsp3) is 0.136. The molecule has 0 heterocycles. The van der Waals surface area contributed by atoms with Crippen LogP contribution in [0.3, 0.4) is 0 Å². The van der Waals surface area contributed by atoms with Crippen molar-refractivity contribution >= 4 is 38.4 Å². The average molecular weight is 523 g/mol. The maximum atomic E-state index is 13.3. The zero-order valence-electron chi connectivity index (χ0n) is 15.5. The van der Waals surface area contributed by atoms with Crippen LogP contribution in [0.4, 0.5) is 4.39 Å². The summed E-state index contributed by atoms with van der Waals surface area (Å²) in [6.07, 6.45) is 0. The van der Waals surface area contributed by atoms with Crippen molar-refractivity contribution in [2.24, 2.45) is 0 Å². The lowest BCUT2D eigenvalue weighted by Gasteiger charge is -2.23. The average Bonchev–Trinajstić information content (AvgIpc) is 2.72. The molecule has 3 aromatic rings. The van der Waals surface area contributed by atoms with E-state index in [0.29, 0.717) is 11.1 Å². The summed E-state index contributed by atoms with van der Waals surface area (Å²) in [7, 11) is -3.94. The molecule has 0 saturated carbocycles. The third kappa shape index (κ3) is 5.29. The summed E-state index contributed by atoms with van der Waals surface area (Å²) in [5, 5.41) is 0. The number of ketones is 1. The van der Waals surface area contributed by atoms with Crippen molar-refractivity contribution in [3.63, 3.8) is 0 Å². The molecule has 0 amide bonds. The van der Waals surface area contributed by atoms with Crippen LogP contribution in [-0.2, 0) is 10.0 Å². The summed E-state index contributed by atoms with van der Waals surface area (Å²) < 4.78 is 41.2. The van der Waals surface area contributed by atoms with Crippen molar-refractivity contribution < 1.29 is 17.6 Å². The van der Waals surface area contributed by atoms with Gasteiger partial charge in [0.2, 0.25) is 10.0 Å². The van der Waals surface area contributed by atoms with E-state index in [1.165, 1.54) is 24.3 Å². The number of benzene rings is 3. The van der Waals surface area contributed by atoms with Gasteiger partial charge in [-0.2, -0.15) is 4.72 Å². The largest absolute Gasteiger partial charge is 0.292 e. The molecule has 1 N–H and O–H groups in total. The second-order valence-electron chi connectivity index (χ2n) is 6.60. The quantitative estimate of drug-likeness (QED) is 0.274. The first-order chi connectivity index (χ1) is 13.8. The molecule has 0 fully saturated rings. The van der Waals surface area contributed by atoms with Gasteiger partial charge in [-0.3, -0.25) is 4.79 Å². The van der Waals surface area contributed by atoms with Gasteiger partial charge in [0.1, 0.15) is 11.9 Å². The lowest BCUT2D eigenvalue weighted by Crippen LogP contribution is -2.43. The van der Waals surface area contributed by atoms with Gasteiger partial charge >= 0.3 is 0 Å². The predicted octanol–water partition coefficient (Wildman–Crippen LogP) is 4.84. The Morgan fingerprint density at radius 1 is 0.931 bits per heavy atom. The topological polar surface area (TPSA) is 63.2 Å². The second-order valence-corrected chi connectivity index (χ2v) is 9.65. The summed E-state index contributed by atoms with van der Waals surface area (Å²) in [6, 6.07) is 19.5. The minimum Gasteiger partial charge on any atom is -0.292 e. The summed E-state index contributed by atoms with van der Waals surface area (Å²) in [4.78, 5) is 13.3. The Hall–Kier alpha value is -2.10. The van der Waals surface area contributed by atoms with Crippen molar-refractivity contribution in [2.75, 3.05) is 0 Å². The molecule has 2 atom stereocenters. The Morgan fingerprint density at radius 3 is 2.10 bits per heavy atom. The molecule has 2 unspecified atom stereocenters. The number of sulfonamides is 1. The van der Waals surface area contributed by atoms with Gasteiger partial charge in [0.05, 0.1) is 8.82 Å². The number of halogens is 2. The molecule has 0 bridgehead atoms. The Morgan fingerprint density at radius 2 is 1.52 bits per heavy atom. The van der Waals surface area contributed by atoms with Gasteiger partial charge in [-0.05, 0) is 36.8 Å². The lowest BCUT2D eigenvalue weighted by molar-refractivity contribution is 0.0954. The van der Waals surface area contributed by atoms with Gasteiger partial charge in [0.25, 0.3) is 0 Å². The maximum absolute atomic E-state index is 13.3. The number of nitrogens with one attached hydrogen (secondary N) is 1. The summed E-state index contributed by atoms with van der Waals surface area (Å²) in [6.45, 7) is 1.86. The number of carbonyl (C=O) groups is 1. The Bertz CT molecular complexity index is 1090. The standard InChI is InChI=1S/C22H19FINO3S/c1-15-7-13-19(14-8-15)29(27,28)25-21(22(26)17-5-3-2-4-6-17)20(24)16-9-11-18(23)12-10-16/h2-14,20-21,25H,1H3. The normalized spacial score (nSPS) is 13.6. The fourth-order valence-electron chi connectivity index (χ4n) is 2.82. The molecule has 0 aromatic heterocycles. The zero-order chi connectivity index (χ0) is 21.0. The first kappa shape index (κ1) is 21.6. The summed E-state index contributed by atoms with van der Waals surface area (Å²) in [5.74, 6) is -0.756. The highest BCUT2D eigenvalue weighted by molar-refractivity contribution is 14.1. The minimum absolute atomic E-state index is 0.0802. The van der Waals surface area contributed by atoms with Crippen molar-refractivity contribution in [1.82, 2.24) is 4.72 Å². The van der Waals surface area contributed by atoms with E-state index in [4.69, 9.17) is 0 Å². The predicted molar refractivity (Wildman–Crippen MR) is 119 cm³/mol. The number of aryl methyl sites for hydroxylation is 1. The summed E-state index contributed by atoms with van der Waals surface area (Å²) in [5.41, 5.74) is 1.97. The van der Waals surface area contributed by atoms with Crippen molar-refractivity contribution in [1.29, 1.82) is 0 Å². The number of rotatable bonds is 7. The molecule has 3 rings (SSSR count). The fourth-order valence-corrected chi connectivity index (χ4v) is 5.19. The SMILES string of the molecule is Cc1ccc(S(=O)(=O)NC(C(=O)c2ccccc2)C(I)c2ccc(F)cc2)cc1. The van der Waals surface area contributed by atoms with E-state index in [1.54, 1.807) is 54.6 Å². The van der Waals surface area contributed by atoms with E-state index in [-0.39, 0.29) is 10.7 Å². The van der Waals surface area contributed by atoms with Crippen LogP contribution in [0, 0.1) is 12.7 Å². The number of Topliss-reactive ketones (excluding diaryl/α,β-unsaturated/α-hetero) is 1. The maximum Gasteiger partial charge on any atom is 0.241 e. The van der Waals surface area contributed by atoms with E-state index in [9.17, 15) is 17.6 Å². The molecule has 0 aliphatic heterocycles. The van der Waals surface area contributed by atoms with Crippen LogP contribution in [0.5, 0.6) is 0 Å². The molecule has 0 radical (unpaired) electrons. The van der Waals surface area contributed by atoms with Gasteiger partial charge in [0.15, 0.2) is 5.78 Å². The highest BCUT2D eigenvalue weighted by Gasteiger charge is 2.33. The van der Waals surface area contributed by atoms with E-state index in [0.717, 1.165) is 5.56 Å². The van der Waals surface area contributed by atoms with Gasteiger partial charge in [-0.15, -0.1) is 0 Å². The molecular weight excluding hydrogens is 504 g/mol. The van der Waals surface area contributed by atoms with Crippen LogP contribution in [0.15, 0.2) is 83.8 Å². The minimum atomic E-state index is -3.94. The van der Waals surface area contributed by atoms with E-state index in [1.807, 2.05) is 29.5 Å². The number of alkyl halides is 1. The molecule has 0 aliphatic carbocycles. The van der Waals surface area contributed by atoms with Gasteiger partial charge in [-0.1, -0.05) is 82.8 Å². The van der Waals surface area contributed by atoms with Crippen molar-refractivity contribution in [2.45, 2.75) is 21.8 Å². The Balaban J connectivity index is 1.99. The molecule has 0 saturated heterocycles. The second kappa shape index (κ2) is 9.15. The highest BCUT2D eigenvalue weighted by Crippen LogP contribution is 2.30. The van der Waals surface area contributed by atoms with E-state index >= 15 is 0 Å². The van der Waals surface area contributed by atoms with Crippen LogP contribution in [0.25, 0.3) is 0 Å².